The van der Waals surface area contributed by atoms with Gasteiger partial charge in [0, 0.05) is 37.0 Å². The Bertz CT molecular complexity index is 1670. The van der Waals surface area contributed by atoms with Crippen LogP contribution in [-0.2, 0) is 27.4 Å². The summed E-state index contributed by atoms with van der Waals surface area (Å²) >= 11 is 0.740. The summed E-state index contributed by atoms with van der Waals surface area (Å²) in [6.45, 7) is 8.82. The van der Waals surface area contributed by atoms with Crippen LogP contribution in [0, 0.1) is 22.2 Å². The van der Waals surface area contributed by atoms with Crippen LogP contribution < -0.4 is 10.6 Å². The molecule has 3 aromatic rings. The molecule has 10 nitrogen and oxygen atoms in total. The first kappa shape index (κ1) is 31.3. The van der Waals surface area contributed by atoms with Gasteiger partial charge in [-0.25, -0.2) is 13.8 Å². The standard InChI is InChI=1S/C32H36F2N6O4S/c1-31(16-43-17-31)11-21(12-35)29(42)39-9-3-4-22(39)14-40-24-6-5-20(13-36-15-32(2)18-44-19-32)10-23(24)37-30(40)38-28(41)26-8-7-25(45-26)27(33)34/h5-8,10-11,22,27,36H,3-4,9,13-19H2,1-2H3,(H,37,38,41). The van der Waals surface area contributed by atoms with Crippen molar-refractivity contribution in [1.82, 2.24) is 19.8 Å². The van der Waals surface area contributed by atoms with E-state index in [0.29, 0.717) is 44.8 Å². The van der Waals surface area contributed by atoms with E-state index in [1.165, 1.54) is 12.1 Å². The zero-order valence-corrected chi connectivity index (χ0v) is 26.1. The number of nitrogens with zero attached hydrogens (tertiary/aromatic N) is 4. The Kier molecular flexibility index (Phi) is 8.76. The second-order valence-electron chi connectivity index (χ2n) is 12.8. The highest BCUT2D eigenvalue weighted by Crippen LogP contribution is 2.32. The number of alkyl halides is 2. The molecule has 3 aliphatic heterocycles. The van der Waals surface area contributed by atoms with Gasteiger partial charge < -0.3 is 24.3 Å². The third-order valence-electron chi connectivity index (χ3n) is 8.62. The third kappa shape index (κ3) is 6.65. The SMILES string of the molecule is CC1(C=C(C#N)C(=O)N2CCCC2Cn2c(NC(=O)c3ccc(C(F)F)s3)nc3cc(CNCC4(C)COC4)ccc32)COC1. The molecule has 0 saturated carbocycles. The molecule has 2 N–H and O–H groups in total. The summed E-state index contributed by atoms with van der Waals surface area (Å²) in [5.41, 5.74) is 2.34. The number of nitrogens with one attached hydrogen (secondary N) is 2. The molecule has 0 bridgehead atoms. The Morgan fingerprint density at radius 3 is 2.62 bits per heavy atom. The van der Waals surface area contributed by atoms with E-state index in [-0.39, 0.29) is 44.1 Å². The number of rotatable bonds is 11. The van der Waals surface area contributed by atoms with Crippen LogP contribution >= 0.6 is 11.3 Å². The topological polar surface area (TPSA) is 122 Å². The molecular weight excluding hydrogens is 602 g/mol. The Labute approximate surface area is 264 Å². The summed E-state index contributed by atoms with van der Waals surface area (Å²) in [7, 11) is 0. The van der Waals surface area contributed by atoms with Gasteiger partial charge in [0.15, 0.2) is 0 Å². The molecule has 1 aromatic carbocycles. The van der Waals surface area contributed by atoms with Gasteiger partial charge in [-0.2, -0.15) is 5.26 Å². The van der Waals surface area contributed by atoms with Gasteiger partial charge in [0.2, 0.25) is 5.95 Å². The van der Waals surface area contributed by atoms with Gasteiger partial charge in [-0.3, -0.25) is 14.9 Å². The Morgan fingerprint density at radius 2 is 1.98 bits per heavy atom. The molecule has 3 saturated heterocycles. The maximum Gasteiger partial charge on any atom is 0.272 e. The molecule has 3 aliphatic rings. The van der Waals surface area contributed by atoms with Crippen molar-refractivity contribution >= 4 is 40.1 Å². The Hall–Kier alpha value is -3.70. The minimum absolute atomic E-state index is 0.101. The average molecular weight is 639 g/mol. The number of aromatic nitrogens is 2. The van der Waals surface area contributed by atoms with E-state index in [1.54, 1.807) is 11.0 Å². The van der Waals surface area contributed by atoms with Gasteiger partial charge >= 0.3 is 0 Å². The van der Waals surface area contributed by atoms with Crippen molar-refractivity contribution in [3.05, 3.63) is 57.3 Å². The van der Waals surface area contributed by atoms with Crippen LogP contribution in [0.5, 0.6) is 0 Å². The van der Waals surface area contributed by atoms with Gasteiger partial charge in [0.1, 0.15) is 11.6 Å². The predicted molar refractivity (Wildman–Crippen MR) is 165 cm³/mol. The van der Waals surface area contributed by atoms with E-state index in [0.717, 1.165) is 48.6 Å². The van der Waals surface area contributed by atoms with Crippen molar-refractivity contribution in [2.45, 2.75) is 52.2 Å². The fourth-order valence-electron chi connectivity index (χ4n) is 6.04. The van der Waals surface area contributed by atoms with Crippen LogP contribution in [0.25, 0.3) is 11.0 Å². The van der Waals surface area contributed by atoms with Crippen molar-refractivity contribution in [3.63, 3.8) is 0 Å². The van der Waals surface area contributed by atoms with E-state index in [9.17, 15) is 23.6 Å². The largest absolute Gasteiger partial charge is 0.380 e. The molecule has 45 heavy (non-hydrogen) atoms. The molecule has 6 rings (SSSR count). The quantitative estimate of drug-likeness (QED) is 0.227. The fourth-order valence-corrected chi connectivity index (χ4v) is 6.80. The first-order chi connectivity index (χ1) is 21.6. The molecule has 5 heterocycles. The molecule has 3 fully saturated rings. The molecule has 238 valence electrons. The lowest BCUT2D eigenvalue weighted by molar-refractivity contribution is -0.128. The number of halogens is 2. The van der Waals surface area contributed by atoms with Crippen LogP contribution in [0.3, 0.4) is 0 Å². The number of carbonyl (C=O) groups excluding carboxylic acids is 2. The second kappa shape index (κ2) is 12.6. The van der Waals surface area contributed by atoms with Crippen LogP contribution in [0.15, 0.2) is 42.0 Å². The van der Waals surface area contributed by atoms with Gasteiger partial charge in [-0.1, -0.05) is 26.0 Å². The summed E-state index contributed by atoms with van der Waals surface area (Å²) in [6.07, 6.45) is 0.542. The number of hydrogen-bond acceptors (Lipinski definition) is 8. The summed E-state index contributed by atoms with van der Waals surface area (Å²) in [4.78, 5) is 33.2. The second-order valence-corrected chi connectivity index (χ2v) is 14.0. The van der Waals surface area contributed by atoms with Crippen molar-refractivity contribution in [1.29, 1.82) is 5.26 Å². The molecular formula is C32H36F2N6O4S. The Balaban J connectivity index is 1.26. The van der Waals surface area contributed by atoms with Gasteiger partial charge in [-0.05, 0) is 42.7 Å². The number of thiophene rings is 1. The fraction of sp³-hybridized carbons (Fsp3) is 0.500. The first-order valence-electron chi connectivity index (χ1n) is 15.0. The summed E-state index contributed by atoms with van der Waals surface area (Å²) in [5, 5.41) is 16.2. The van der Waals surface area contributed by atoms with Crippen LogP contribution in [0.1, 0.15) is 53.2 Å². The maximum absolute atomic E-state index is 13.6. The highest BCUT2D eigenvalue weighted by Gasteiger charge is 2.36. The number of imidazole rings is 1. The molecule has 2 aromatic heterocycles. The zero-order chi connectivity index (χ0) is 31.8. The van der Waals surface area contributed by atoms with E-state index >= 15 is 0 Å². The van der Waals surface area contributed by atoms with E-state index < -0.39 is 12.3 Å². The minimum Gasteiger partial charge on any atom is -0.380 e. The predicted octanol–water partition coefficient (Wildman–Crippen LogP) is 4.89. The highest BCUT2D eigenvalue weighted by atomic mass is 32.1. The number of amides is 2. The molecule has 2 amide bonds. The first-order valence-corrected chi connectivity index (χ1v) is 15.9. The number of benzene rings is 1. The number of nitriles is 1. The van der Waals surface area contributed by atoms with E-state index in [2.05, 4.69) is 23.6 Å². The van der Waals surface area contributed by atoms with Crippen molar-refractivity contribution in [2.24, 2.45) is 10.8 Å². The molecule has 0 radical (unpaired) electrons. The molecule has 1 unspecified atom stereocenters. The number of hydrogen-bond donors (Lipinski definition) is 2. The van der Waals surface area contributed by atoms with Gasteiger partial charge in [0.05, 0.1) is 53.3 Å². The van der Waals surface area contributed by atoms with Crippen LogP contribution in [0.2, 0.25) is 0 Å². The minimum atomic E-state index is -2.66. The van der Waals surface area contributed by atoms with Crippen LogP contribution in [0.4, 0.5) is 14.7 Å². The Morgan fingerprint density at radius 1 is 1.20 bits per heavy atom. The smallest absolute Gasteiger partial charge is 0.272 e. The summed E-state index contributed by atoms with van der Waals surface area (Å²) in [6, 6.07) is 10.4. The average Bonchev–Trinajstić information content (AvgIpc) is 3.73. The van der Waals surface area contributed by atoms with E-state index in [4.69, 9.17) is 14.5 Å². The normalized spacial score (nSPS) is 20.6. The maximum atomic E-state index is 13.6. The van der Waals surface area contributed by atoms with Crippen molar-refractivity contribution < 1.29 is 27.8 Å². The molecule has 1 atom stereocenters. The van der Waals surface area contributed by atoms with Gasteiger partial charge in [-0.15, -0.1) is 11.3 Å². The van der Waals surface area contributed by atoms with Crippen LogP contribution in [-0.4, -0.2) is 71.8 Å². The summed E-state index contributed by atoms with van der Waals surface area (Å²) < 4.78 is 38.9. The lowest BCUT2D eigenvalue weighted by atomic mass is 9.86. The lowest BCUT2D eigenvalue weighted by Crippen LogP contribution is -2.47. The number of fused-ring (bicyclic) bond motifs is 1. The van der Waals surface area contributed by atoms with Gasteiger partial charge in [0.25, 0.3) is 18.2 Å². The highest BCUT2D eigenvalue weighted by molar-refractivity contribution is 7.14. The zero-order valence-electron chi connectivity index (χ0n) is 25.3. The monoisotopic (exact) mass is 638 g/mol. The molecule has 0 aliphatic carbocycles. The number of ether oxygens (including phenoxy) is 2. The van der Waals surface area contributed by atoms with Crippen molar-refractivity contribution in [3.8, 4) is 6.07 Å². The number of anilines is 1. The van der Waals surface area contributed by atoms with Crippen molar-refractivity contribution in [2.75, 3.05) is 44.8 Å². The number of likely N-dealkylation sites (tertiary alicyclic amines) is 1. The lowest BCUT2D eigenvalue weighted by Gasteiger charge is -2.38. The molecule has 13 heteroatoms. The summed E-state index contributed by atoms with van der Waals surface area (Å²) in [5.74, 6) is -0.591. The number of carbonyl (C=O) groups is 2. The third-order valence-corrected chi connectivity index (χ3v) is 9.72. The van der Waals surface area contributed by atoms with E-state index in [1.807, 2.05) is 29.7 Å². The molecule has 0 spiro atoms.